The van der Waals surface area contributed by atoms with Crippen molar-refractivity contribution in [2.45, 2.75) is 19.4 Å². The predicted octanol–water partition coefficient (Wildman–Crippen LogP) is 2.18. The number of carbonyl (C=O) groups is 1. The Morgan fingerprint density at radius 1 is 1.44 bits per heavy atom. The van der Waals surface area contributed by atoms with Gasteiger partial charge in [0.1, 0.15) is 0 Å². The van der Waals surface area contributed by atoms with Crippen LogP contribution in [0.4, 0.5) is 4.79 Å². The lowest BCUT2D eigenvalue weighted by molar-refractivity contribution is 0.0117. The Bertz CT molecular complexity index is 381. The molecule has 1 unspecified atom stereocenters. The molecule has 0 aromatic heterocycles. The van der Waals surface area contributed by atoms with E-state index in [0.717, 1.165) is 18.5 Å². The first-order valence-corrected chi connectivity index (χ1v) is 6.50. The van der Waals surface area contributed by atoms with Crippen molar-refractivity contribution in [1.82, 2.24) is 10.2 Å². The van der Waals surface area contributed by atoms with Crippen LogP contribution in [0.3, 0.4) is 0 Å². The summed E-state index contributed by atoms with van der Waals surface area (Å²) in [6, 6.07) is 10.1. The molecule has 0 bridgehead atoms. The van der Waals surface area contributed by atoms with Gasteiger partial charge in [0, 0.05) is 13.1 Å². The lowest BCUT2D eigenvalue weighted by Crippen LogP contribution is -2.48. The molecule has 1 aromatic rings. The molecule has 98 valence electrons. The largest absolute Gasteiger partial charge is 0.377 e. The lowest BCUT2D eigenvalue weighted by Gasteiger charge is -2.35. The molecule has 1 atom stereocenters. The van der Waals surface area contributed by atoms with Crippen molar-refractivity contribution in [2.75, 3.05) is 26.3 Å². The third-order valence-electron chi connectivity index (χ3n) is 3.10. The van der Waals surface area contributed by atoms with Crippen molar-refractivity contribution in [3.63, 3.8) is 0 Å². The average Bonchev–Trinajstić information content (AvgIpc) is 2.45. The summed E-state index contributed by atoms with van der Waals surface area (Å²) in [6.07, 6.45) is 0.950. The van der Waals surface area contributed by atoms with E-state index < -0.39 is 0 Å². The van der Waals surface area contributed by atoms with E-state index in [1.165, 1.54) is 0 Å². The Morgan fingerprint density at radius 2 is 2.22 bits per heavy atom. The van der Waals surface area contributed by atoms with Crippen LogP contribution in [-0.2, 0) is 4.74 Å². The fraction of sp³-hybridized carbons (Fsp3) is 0.500. The van der Waals surface area contributed by atoms with E-state index in [1.54, 1.807) is 0 Å². The maximum atomic E-state index is 12.1. The summed E-state index contributed by atoms with van der Waals surface area (Å²) in [6.45, 7) is 4.60. The zero-order valence-electron chi connectivity index (χ0n) is 10.8. The fourth-order valence-electron chi connectivity index (χ4n) is 2.13. The molecule has 2 rings (SSSR count). The third kappa shape index (κ3) is 3.01. The Kier molecular flexibility index (Phi) is 4.59. The van der Waals surface area contributed by atoms with Crippen molar-refractivity contribution < 1.29 is 9.53 Å². The van der Waals surface area contributed by atoms with Gasteiger partial charge in [-0.1, -0.05) is 37.3 Å². The van der Waals surface area contributed by atoms with Gasteiger partial charge in [-0.25, -0.2) is 4.79 Å². The topological polar surface area (TPSA) is 41.6 Å². The fourth-order valence-corrected chi connectivity index (χ4v) is 2.13. The quantitative estimate of drug-likeness (QED) is 0.890. The number of carbonyl (C=O) groups excluding carboxylic acids is 1. The third-order valence-corrected chi connectivity index (χ3v) is 3.10. The number of hydrogen-bond donors (Lipinski definition) is 1. The lowest BCUT2D eigenvalue weighted by atomic mass is 10.1. The second-order valence-electron chi connectivity index (χ2n) is 4.43. The van der Waals surface area contributed by atoms with E-state index in [4.69, 9.17) is 4.74 Å². The van der Waals surface area contributed by atoms with Crippen molar-refractivity contribution in [3.05, 3.63) is 35.9 Å². The molecule has 1 N–H and O–H groups in total. The van der Waals surface area contributed by atoms with Crippen LogP contribution in [-0.4, -0.2) is 37.2 Å². The highest BCUT2D eigenvalue weighted by Crippen LogP contribution is 2.23. The smallest absolute Gasteiger partial charge is 0.318 e. The Labute approximate surface area is 108 Å². The number of ether oxygens (including phenoxy) is 1. The van der Waals surface area contributed by atoms with Crippen LogP contribution in [0.1, 0.15) is 24.9 Å². The maximum Gasteiger partial charge on any atom is 0.318 e. The Balaban J connectivity index is 2.09. The number of hydrogen-bond acceptors (Lipinski definition) is 2. The average molecular weight is 248 g/mol. The van der Waals surface area contributed by atoms with Crippen LogP contribution in [0.5, 0.6) is 0 Å². The summed E-state index contributed by atoms with van der Waals surface area (Å²) >= 11 is 0. The normalized spacial score (nSPS) is 19.6. The van der Waals surface area contributed by atoms with Crippen LogP contribution in [0, 0.1) is 0 Å². The van der Waals surface area contributed by atoms with Crippen LogP contribution in [0.25, 0.3) is 0 Å². The number of nitrogens with zero attached hydrogens (tertiary/aromatic N) is 1. The predicted molar refractivity (Wildman–Crippen MR) is 70.4 cm³/mol. The second kappa shape index (κ2) is 6.40. The molecule has 0 aliphatic carbocycles. The van der Waals surface area contributed by atoms with Gasteiger partial charge >= 0.3 is 6.03 Å². The zero-order valence-corrected chi connectivity index (χ0v) is 10.8. The van der Waals surface area contributed by atoms with Gasteiger partial charge in [-0.05, 0) is 12.0 Å². The summed E-state index contributed by atoms with van der Waals surface area (Å²) in [5.74, 6) is 0. The molecule has 18 heavy (non-hydrogen) atoms. The second-order valence-corrected chi connectivity index (χ2v) is 4.43. The molecule has 0 saturated carbocycles. The first-order chi connectivity index (χ1) is 8.83. The Morgan fingerprint density at radius 3 is 2.94 bits per heavy atom. The van der Waals surface area contributed by atoms with Gasteiger partial charge in [0.15, 0.2) is 0 Å². The minimum atomic E-state index is 0.00834. The van der Waals surface area contributed by atoms with E-state index in [9.17, 15) is 4.79 Å². The summed E-state index contributed by atoms with van der Waals surface area (Å²) in [4.78, 5) is 14.0. The summed E-state index contributed by atoms with van der Waals surface area (Å²) in [5, 5.41) is 2.93. The molecule has 1 saturated heterocycles. The first-order valence-electron chi connectivity index (χ1n) is 6.50. The van der Waals surface area contributed by atoms with E-state index in [0.29, 0.717) is 19.8 Å². The minimum Gasteiger partial charge on any atom is -0.377 e. The molecule has 1 aliphatic heterocycles. The molecule has 1 aliphatic rings. The van der Waals surface area contributed by atoms with E-state index in [1.807, 2.05) is 42.2 Å². The number of morpholine rings is 1. The summed E-state index contributed by atoms with van der Waals surface area (Å²) < 4.78 is 5.50. The minimum absolute atomic E-state index is 0.00834. The molecule has 0 radical (unpaired) electrons. The van der Waals surface area contributed by atoms with Gasteiger partial charge in [-0.15, -0.1) is 0 Å². The first kappa shape index (κ1) is 12.9. The molecular weight excluding hydrogens is 228 g/mol. The molecule has 4 heteroatoms. The van der Waals surface area contributed by atoms with Crippen LogP contribution >= 0.6 is 0 Å². The van der Waals surface area contributed by atoms with Gasteiger partial charge in [0.2, 0.25) is 0 Å². The maximum absolute atomic E-state index is 12.1. The number of urea groups is 1. The SMILES string of the molecule is CCCNC(=O)N1CCOCC1c1ccccc1. The van der Waals surface area contributed by atoms with Crippen molar-refractivity contribution in [3.8, 4) is 0 Å². The van der Waals surface area contributed by atoms with Crippen LogP contribution in [0.2, 0.25) is 0 Å². The summed E-state index contributed by atoms with van der Waals surface area (Å²) in [7, 11) is 0. The Hall–Kier alpha value is -1.55. The van der Waals surface area contributed by atoms with Crippen molar-refractivity contribution in [1.29, 1.82) is 0 Å². The van der Waals surface area contributed by atoms with Gasteiger partial charge < -0.3 is 15.0 Å². The molecular formula is C14H20N2O2. The van der Waals surface area contributed by atoms with E-state index in [-0.39, 0.29) is 12.1 Å². The number of nitrogens with one attached hydrogen (secondary N) is 1. The van der Waals surface area contributed by atoms with E-state index >= 15 is 0 Å². The highest BCUT2D eigenvalue weighted by Gasteiger charge is 2.28. The molecule has 1 fully saturated rings. The molecule has 0 spiro atoms. The molecule has 1 heterocycles. The van der Waals surface area contributed by atoms with Crippen molar-refractivity contribution >= 4 is 6.03 Å². The summed E-state index contributed by atoms with van der Waals surface area (Å²) in [5.41, 5.74) is 1.13. The van der Waals surface area contributed by atoms with Gasteiger partial charge in [-0.3, -0.25) is 0 Å². The highest BCUT2D eigenvalue weighted by molar-refractivity contribution is 5.74. The number of amides is 2. The number of rotatable bonds is 3. The van der Waals surface area contributed by atoms with Gasteiger partial charge in [-0.2, -0.15) is 0 Å². The van der Waals surface area contributed by atoms with Gasteiger partial charge in [0.25, 0.3) is 0 Å². The molecule has 1 aromatic carbocycles. The number of benzene rings is 1. The monoisotopic (exact) mass is 248 g/mol. The van der Waals surface area contributed by atoms with E-state index in [2.05, 4.69) is 5.32 Å². The van der Waals surface area contributed by atoms with Crippen LogP contribution < -0.4 is 5.32 Å². The van der Waals surface area contributed by atoms with Crippen molar-refractivity contribution in [2.24, 2.45) is 0 Å². The highest BCUT2D eigenvalue weighted by atomic mass is 16.5. The molecule has 4 nitrogen and oxygen atoms in total. The van der Waals surface area contributed by atoms with Gasteiger partial charge in [0.05, 0.1) is 19.3 Å². The standard InChI is InChI=1S/C14H20N2O2/c1-2-8-15-14(17)16-9-10-18-11-13(16)12-6-4-3-5-7-12/h3-7,13H,2,8-11H2,1H3,(H,15,17). The molecule has 2 amide bonds. The van der Waals surface area contributed by atoms with Crippen LogP contribution in [0.15, 0.2) is 30.3 Å². The zero-order chi connectivity index (χ0) is 12.8.